The Morgan fingerprint density at radius 1 is 1.24 bits per heavy atom. The molecule has 1 N–H and O–H groups in total. The summed E-state index contributed by atoms with van der Waals surface area (Å²) >= 11 is 0. The molecule has 0 aliphatic carbocycles. The highest BCUT2D eigenvalue weighted by Gasteiger charge is 2.51. The van der Waals surface area contributed by atoms with Crippen molar-refractivity contribution < 1.29 is 22.7 Å². The lowest BCUT2D eigenvalue weighted by Crippen LogP contribution is -2.43. The number of fused-ring (bicyclic) bond motifs is 2. The van der Waals surface area contributed by atoms with E-state index in [9.17, 15) is 13.2 Å². The fourth-order valence-corrected chi connectivity index (χ4v) is 3.35. The normalized spacial score (nSPS) is 20.6. The van der Waals surface area contributed by atoms with E-state index in [0.717, 1.165) is 4.31 Å². The van der Waals surface area contributed by atoms with Gasteiger partial charge < -0.3 is 14.8 Å². The van der Waals surface area contributed by atoms with Crippen LogP contribution in [0, 0.1) is 0 Å². The van der Waals surface area contributed by atoms with Gasteiger partial charge in [-0.2, -0.15) is 0 Å². The summed E-state index contributed by atoms with van der Waals surface area (Å²) in [7, 11) is -0.681. The van der Waals surface area contributed by atoms with Crippen LogP contribution in [0.5, 0.6) is 0 Å². The van der Waals surface area contributed by atoms with Gasteiger partial charge in [0.25, 0.3) is 11.7 Å². The van der Waals surface area contributed by atoms with Crippen molar-refractivity contribution in [2.45, 2.75) is 17.1 Å². The van der Waals surface area contributed by atoms with Gasteiger partial charge in [-0.15, -0.1) is 0 Å². The second kappa shape index (κ2) is 4.77. The SMILES string of the molecule is CN(C)S(=O)(=O)c1ccc2c(c1)C1(OCCCO1)C(=O)N2. The molecule has 0 saturated carbocycles. The first-order chi connectivity index (χ1) is 9.88. The van der Waals surface area contributed by atoms with Gasteiger partial charge in [-0.05, 0) is 24.6 Å². The Kier molecular flexibility index (Phi) is 3.28. The summed E-state index contributed by atoms with van der Waals surface area (Å²) < 4.78 is 36.7. The maximum atomic E-state index is 12.2. The number of amides is 1. The molecule has 2 aliphatic rings. The zero-order valence-electron chi connectivity index (χ0n) is 11.8. The Labute approximate surface area is 122 Å². The molecule has 1 aromatic rings. The average Bonchev–Trinajstić information content (AvgIpc) is 2.72. The summed E-state index contributed by atoms with van der Waals surface area (Å²) in [5.41, 5.74) is 0.926. The molecule has 0 atom stereocenters. The minimum Gasteiger partial charge on any atom is -0.338 e. The molecule has 0 unspecified atom stereocenters. The minimum atomic E-state index is -3.59. The molecule has 1 fully saturated rings. The lowest BCUT2D eigenvalue weighted by atomic mass is 10.1. The smallest absolute Gasteiger partial charge is 0.289 e. The van der Waals surface area contributed by atoms with Crippen LogP contribution in [0.25, 0.3) is 0 Å². The van der Waals surface area contributed by atoms with E-state index in [1.54, 1.807) is 6.07 Å². The number of nitrogens with zero attached hydrogens (tertiary/aromatic N) is 1. The maximum absolute atomic E-state index is 12.2. The van der Waals surface area contributed by atoms with Crippen molar-refractivity contribution in [3.8, 4) is 0 Å². The molecule has 1 aromatic carbocycles. The fourth-order valence-electron chi connectivity index (χ4n) is 2.42. The average molecular weight is 312 g/mol. The first-order valence-corrected chi connectivity index (χ1v) is 7.98. The maximum Gasteiger partial charge on any atom is 0.289 e. The predicted molar refractivity (Wildman–Crippen MR) is 74.1 cm³/mol. The molecule has 2 aliphatic heterocycles. The van der Waals surface area contributed by atoms with Crippen molar-refractivity contribution in [3.63, 3.8) is 0 Å². The summed E-state index contributed by atoms with van der Waals surface area (Å²) in [6.45, 7) is 0.773. The second-order valence-corrected chi connectivity index (χ2v) is 7.27. The van der Waals surface area contributed by atoms with Crippen LogP contribution >= 0.6 is 0 Å². The van der Waals surface area contributed by atoms with Gasteiger partial charge in [0, 0.05) is 19.7 Å². The molecular formula is C13H16N2O5S. The summed E-state index contributed by atoms with van der Waals surface area (Å²) in [4.78, 5) is 12.3. The highest BCUT2D eigenvalue weighted by molar-refractivity contribution is 7.89. The number of carbonyl (C=O) groups excluding carboxylic acids is 1. The minimum absolute atomic E-state index is 0.0971. The van der Waals surface area contributed by atoms with Gasteiger partial charge in [-0.3, -0.25) is 4.79 Å². The van der Waals surface area contributed by atoms with Crippen LogP contribution in [0.2, 0.25) is 0 Å². The highest BCUT2D eigenvalue weighted by Crippen LogP contribution is 2.42. The fraction of sp³-hybridized carbons (Fsp3) is 0.462. The Hall–Kier alpha value is -1.48. The number of ether oxygens (including phenoxy) is 2. The number of hydrogen-bond donors (Lipinski definition) is 1. The van der Waals surface area contributed by atoms with E-state index in [0.29, 0.717) is 30.9 Å². The van der Waals surface area contributed by atoms with Gasteiger partial charge in [0.2, 0.25) is 10.0 Å². The van der Waals surface area contributed by atoms with E-state index in [-0.39, 0.29) is 4.90 Å². The molecule has 0 radical (unpaired) electrons. The van der Waals surface area contributed by atoms with Crippen LogP contribution in [-0.4, -0.2) is 45.9 Å². The molecule has 114 valence electrons. The standard InChI is InChI=1S/C13H16N2O5S/c1-15(2)21(17,18)9-4-5-11-10(8-9)13(12(16)14-11)19-6-3-7-20-13/h4-5,8H,3,6-7H2,1-2H3,(H,14,16). The first kappa shape index (κ1) is 14.5. The third kappa shape index (κ3) is 2.06. The van der Waals surface area contributed by atoms with Crippen LogP contribution in [-0.2, 0) is 30.1 Å². The van der Waals surface area contributed by atoms with E-state index >= 15 is 0 Å². The molecule has 8 heteroatoms. The predicted octanol–water partition coefficient (Wildman–Crippen LogP) is 0.479. The lowest BCUT2D eigenvalue weighted by molar-refractivity contribution is -0.255. The van der Waals surface area contributed by atoms with Crippen molar-refractivity contribution in [1.29, 1.82) is 0 Å². The summed E-state index contributed by atoms with van der Waals surface area (Å²) in [6.07, 6.45) is 0.694. The first-order valence-electron chi connectivity index (χ1n) is 6.54. The molecule has 1 amide bonds. The monoisotopic (exact) mass is 312 g/mol. The Morgan fingerprint density at radius 2 is 1.90 bits per heavy atom. The van der Waals surface area contributed by atoms with Crippen LogP contribution < -0.4 is 5.32 Å². The van der Waals surface area contributed by atoms with E-state index in [4.69, 9.17) is 9.47 Å². The lowest BCUT2D eigenvalue weighted by Gasteiger charge is -2.31. The summed E-state index contributed by atoms with van der Waals surface area (Å²) in [5, 5.41) is 2.67. The van der Waals surface area contributed by atoms with Crippen LogP contribution in [0.15, 0.2) is 23.1 Å². The topological polar surface area (TPSA) is 84.9 Å². The van der Waals surface area contributed by atoms with Crippen molar-refractivity contribution in [1.82, 2.24) is 4.31 Å². The number of benzene rings is 1. The van der Waals surface area contributed by atoms with E-state index < -0.39 is 21.7 Å². The third-order valence-corrected chi connectivity index (χ3v) is 5.38. The van der Waals surface area contributed by atoms with Gasteiger partial charge >= 0.3 is 0 Å². The van der Waals surface area contributed by atoms with Gasteiger partial charge in [-0.25, -0.2) is 12.7 Å². The molecule has 7 nitrogen and oxygen atoms in total. The zero-order valence-corrected chi connectivity index (χ0v) is 12.6. The molecular weight excluding hydrogens is 296 g/mol. The van der Waals surface area contributed by atoms with Gasteiger partial charge in [0.05, 0.1) is 23.8 Å². The Balaban J connectivity index is 2.13. The van der Waals surface area contributed by atoms with Crippen LogP contribution in [0.3, 0.4) is 0 Å². The van der Waals surface area contributed by atoms with Crippen LogP contribution in [0.4, 0.5) is 5.69 Å². The molecule has 2 heterocycles. The Morgan fingerprint density at radius 3 is 2.52 bits per heavy atom. The van der Waals surface area contributed by atoms with Gasteiger partial charge in [0.15, 0.2) is 0 Å². The molecule has 1 saturated heterocycles. The molecule has 21 heavy (non-hydrogen) atoms. The van der Waals surface area contributed by atoms with Crippen molar-refractivity contribution in [3.05, 3.63) is 23.8 Å². The third-order valence-electron chi connectivity index (χ3n) is 3.57. The number of rotatable bonds is 2. The van der Waals surface area contributed by atoms with Crippen molar-refractivity contribution in [2.24, 2.45) is 0 Å². The number of nitrogens with one attached hydrogen (secondary N) is 1. The highest BCUT2D eigenvalue weighted by atomic mass is 32.2. The molecule has 0 bridgehead atoms. The van der Waals surface area contributed by atoms with Crippen molar-refractivity contribution >= 4 is 21.6 Å². The number of carbonyl (C=O) groups is 1. The largest absolute Gasteiger partial charge is 0.338 e. The van der Waals surface area contributed by atoms with E-state index in [2.05, 4.69) is 5.32 Å². The van der Waals surface area contributed by atoms with Crippen molar-refractivity contribution in [2.75, 3.05) is 32.6 Å². The van der Waals surface area contributed by atoms with Crippen LogP contribution in [0.1, 0.15) is 12.0 Å². The summed E-state index contributed by atoms with van der Waals surface area (Å²) in [5.74, 6) is -1.94. The number of sulfonamides is 1. The van der Waals surface area contributed by atoms with Gasteiger partial charge in [0.1, 0.15) is 0 Å². The van der Waals surface area contributed by atoms with E-state index in [1.165, 1.54) is 26.2 Å². The molecule has 0 aromatic heterocycles. The van der Waals surface area contributed by atoms with Gasteiger partial charge in [-0.1, -0.05) is 0 Å². The molecule has 3 rings (SSSR count). The zero-order chi connectivity index (χ0) is 15.3. The number of anilines is 1. The molecule has 1 spiro atoms. The Bertz CT molecular complexity index is 693. The quantitative estimate of drug-likeness (QED) is 0.858. The van der Waals surface area contributed by atoms with E-state index in [1.807, 2.05) is 0 Å². The number of hydrogen-bond acceptors (Lipinski definition) is 5. The summed E-state index contributed by atoms with van der Waals surface area (Å²) in [6, 6.07) is 4.45. The second-order valence-electron chi connectivity index (χ2n) is 5.12.